The van der Waals surface area contributed by atoms with Crippen LogP contribution in [0.25, 0.3) is 0 Å². The molecule has 3 atom stereocenters. The summed E-state index contributed by atoms with van der Waals surface area (Å²) in [6.45, 7) is 10.2. The van der Waals surface area contributed by atoms with E-state index in [9.17, 15) is 9.59 Å². The molecule has 0 spiro atoms. The van der Waals surface area contributed by atoms with Gasteiger partial charge in [0.25, 0.3) is 0 Å². The maximum atomic E-state index is 12.7. The number of ether oxygens (including phenoxy) is 1. The Balaban J connectivity index is 3.01. The molecule has 0 bridgehead atoms. The summed E-state index contributed by atoms with van der Waals surface area (Å²) in [7, 11) is 1.62. The number of hydrogen-bond donors (Lipinski definition) is 1. The molecule has 1 rings (SSSR count). The number of amides is 2. The number of nitrogens with one attached hydrogen (secondary N) is 1. The molecule has 3 unspecified atom stereocenters. The third-order valence-corrected chi connectivity index (χ3v) is 4.19. The van der Waals surface area contributed by atoms with Gasteiger partial charge in [-0.2, -0.15) is 0 Å². The second kappa shape index (κ2) is 6.57. The number of methoxy groups -OCH3 is 1. The van der Waals surface area contributed by atoms with Gasteiger partial charge in [0.05, 0.1) is 6.10 Å². The lowest BCUT2D eigenvalue weighted by Crippen LogP contribution is -2.70. The topological polar surface area (TPSA) is 58.6 Å². The van der Waals surface area contributed by atoms with Crippen molar-refractivity contribution in [2.75, 3.05) is 13.7 Å². The minimum Gasteiger partial charge on any atom is -0.380 e. The highest BCUT2D eigenvalue weighted by Crippen LogP contribution is 2.27. The van der Waals surface area contributed by atoms with Crippen molar-refractivity contribution < 1.29 is 14.3 Å². The van der Waals surface area contributed by atoms with Gasteiger partial charge in [0.15, 0.2) is 0 Å². The van der Waals surface area contributed by atoms with Gasteiger partial charge in [-0.1, -0.05) is 20.8 Å². The van der Waals surface area contributed by atoms with Gasteiger partial charge in [-0.25, -0.2) is 0 Å². The second-order valence-electron chi connectivity index (χ2n) is 6.28. The van der Waals surface area contributed by atoms with E-state index < -0.39 is 11.6 Å². The molecule has 116 valence electrons. The first-order valence-electron chi connectivity index (χ1n) is 7.41. The fraction of sp³-hybridized carbons (Fsp3) is 0.867. The van der Waals surface area contributed by atoms with Crippen LogP contribution in [0.2, 0.25) is 0 Å². The van der Waals surface area contributed by atoms with Gasteiger partial charge >= 0.3 is 0 Å². The molecule has 1 fully saturated rings. The highest BCUT2D eigenvalue weighted by atomic mass is 16.5. The average molecular weight is 284 g/mol. The molecule has 1 heterocycles. The molecule has 1 N–H and O–H groups in total. The standard InChI is InChI=1S/C15H28N2O3/c1-7-15(5)14(19)16-12(8-10(2)3)13(18)17(15)9-11(4)20-6/h10-12H,7-9H2,1-6H3,(H,16,19). The van der Waals surface area contributed by atoms with E-state index in [1.165, 1.54) is 0 Å². The number of rotatable bonds is 6. The molecule has 5 heteroatoms. The third-order valence-electron chi connectivity index (χ3n) is 4.19. The molecule has 0 aromatic carbocycles. The lowest BCUT2D eigenvalue weighted by molar-refractivity contribution is -0.159. The molecule has 1 saturated heterocycles. The molecule has 0 aromatic heterocycles. The zero-order valence-electron chi connectivity index (χ0n) is 13.5. The predicted octanol–water partition coefficient (Wildman–Crippen LogP) is 1.56. The van der Waals surface area contributed by atoms with Crippen LogP contribution in [0.4, 0.5) is 0 Å². The number of carbonyl (C=O) groups is 2. The highest BCUT2D eigenvalue weighted by Gasteiger charge is 2.48. The summed E-state index contributed by atoms with van der Waals surface area (Å²) in [5, 5.41) is 2.89. The fourth-order valence-electron chi connectivity index (χ4n) is 2.54. The van der Waals surface area contributed by atoms with Crippen molar-refractivity contribution in [3.63, 3.8) is 0 Å². The lowest BCUT2D eigenvalue weighted by atomic mass is 9.88. The molecular formula is C15H28N2O3. The molecule has 0 radical (unpaired) electrons. The van der Waals surface area contributed by atoms with Crippen molar-refractivity contribution in [2.24, 2.45) is 5.92 Å². The molecular weight excluding hydrogens is 256 g/mol. The van der Waals surface area contributed by atoms with Crippen LogP contribution < -0.4 is 5.32 Å². The molecule has 20 heavy (non-hydrogen) atoms. The summed E-state index contributed by atoms with van der Waals surface area (Å²) >= 11 is 0. The van der Waals surface area contributed by atoms with Crippen molar-refractivity contribution in [1.82, 2.24) is 10.2 Å². The molecule has 0 aliphatic carbocycles. The van der Waals surface area contributed by atoms with Crippen molar-refractivity contribution in [3.05, 3.63) is 0 Å². The third kappa shape index (κ3) is 3.32. The molecule has 2 amide bonds. The Bertz CT molecular complexity index is 370. The van der Waals surface area contributed by atoms with Crippen molar-refractivity contribution in [1.29, 1.82) is 0 Å². The average Bonchev–Trinajstić information content (AvgIpc) is 2.40. The van der Waals surface area contributed by atoms with Crippen LogP contribution >= 0.6 is 0 Å². The van der Waals surface area contributed by atoms with E-state index in [0.717, 1.165) is 0 Å². The van der Waals surface area contributed by atoms with E-state index >= 15 is 0 Å². The van der Waals surface area contributed by atoms with Gasteiger partial charge in [-0.05, 0) is 32.6 Å². The summed E-state index contributed by atoms with van der Waals surface area (Å²) in [5.41, 5.74) is -0.780. The van der Waals surface area contributed by atoms with Crippen LogP contribution in [0.1, 0.15) is 47.5 Å². The number of nitrogens with zero attached hydrogens (tertiary/aromatic N) is 1. The Kier molecular flexibility index (Phi) is 5.57. The Labute approximate surface area is 122 Å². The fourth-order valence-corrected chi connectivity index (χ4v) is 2.54. The molecule has 5 nitrogen and oxygen atoms in total. The van der Waals surface area contributed by atoms with Crippen LogP contribution in [0.5, 0.6) is 0 Å². The van der Waals surface area contributed by atoms with Crippen molar-refractivity contribution in [2.45, 2.75) is 65.1 Å². The molecule has 0 aromatic rings. The van der Waals surface area contributed by atoms with Gasteiger partial charge in [0.2, 0.25) is 11.8 Å². The first-order valence-corrected chi connectivity index (χ1v) is 7.41. The van der Waals surface area contributed by atoms with E-state index in [1.54, 1.807) is 12.0 Å². The van der Waals surface area contributed by atoms with E-state index in [0.29, 0.717) is 25.3 Å². The quantitative estimate of drug-likeness (QED) is 0.805. The van der Waals surface area contributed by atoms with Crippen LogP contribution in [-0.2, 0) is 14.3 Å². The van der Waals surface area contributed by atoms with Crippen LogP contribution in [0, 0.1) is 5.92 Å². The van der Waals surface area contributed by atoms with Crippen LogP contribution in [0.15, 0.2) is 0 Å². The normalized spacial score (nSPS) is 28.8. The van der Waals surface area contributed by atoms with Gasteiger partial charge in [-0.3, -0.25) is 9.59 Å². The van der Waals surface area contributed by atoms with Gasteiger partial charge in [-0.15, -0.1) is 0 Å². The molecule has 1 aliphatic heterocycles. The zero-order valence-corrected chi connectivity index (χ0v) is 13.5. The van der Waals surface area contributed by atoms with E-state index in [4.69, 9.17) is 4.74 Å². The minimum atomic E-state index is -0.780. The largest absolute Gasteiger partial charge is 0.380 e. The first kappa shape index (κ1) is 17.0. The maximum absolute atomic E-state index is 12.7. The van der Waals surface area contributed by atoms with Gasteiger partial charge in [0.1, 0.15) is 11.6 Å². The Hall–Kier alpha value is -1.10. The van der Waals surface area contributed by atoms with E-state index in [1.807, 2.05) is 20.8 Å². The maximum Gasteiger partial charge on any atom is 0.246 e. The molecule has 0 saturated carbocycles. The summed E-state index contributed by atoms with van der Waals surface area (Å²) in [4.78, 5) is 26.8. The smallest absolute Gasteiger partial charge is 0.246 e. The van der Waals surface area contributed by atoms with Crippen LogP contribution in [0.3, 0.4) is 0 Å². The molecule has 1 aliphatic rings. The summed E-state index contributed by atoms with van der Waals surface area (Å²) in [6.07, 6.45) is 1.17. The minimum absolute atomic E-state index is 0.00606. The monoisotopic (exact) mass is 284 g/mol. The highest BCUT2D eigenvalue weighted by molar-refractivity contribution is 5.99. The summed E-state index contributed by atoms with van der Waals surface area (Å²) in [5.74, 6) is 0.303. The van der Waals surface area contributed by atoms with Gasteiger partial charge < -0.3 is 15.0 Å². The number of carbonyl (C=O) groups excluding carboxylic acids is 2. The SMILES string of the molecule is CCC1(C)C(=O)NC(CC(C)C)C(=O)N1CC(C)OC. The summed E-state index contributed by atoms with van der Waals surface area (Å²) < 4.78 is 5.27. The van der Waals surface area contributed by atoms with Gasteiger partial charge in [0, 0.05) is 13.7 Å². The predicted molar refractivity (Wildman–Crippen MR) is 78.3 cm³/mol. The Morgan fingerprint density at radius 2 is 1.95 bits per heavy atom. The Morgan fingerprint density at radius 1 is 1.35 bits per heavy atom. The summed E-state index contributed by atoms with van der Waals surface area (Å²) in [6, 6.07) is -0.411. The Morgan fingerprint density at radius 3 is 2.40 bits per heavy atom. The first-order chi connectivity index (χ1) is 9.26. The lowest BCUT2D eigenvalue weighted by Gasteiger charge is -2.47. The number of hydrogen-bond acceptors (Lipinski definition) is 3. The van der Waals surface area contributed by atoms with E-state index in [2.05, 4.69) is 19.2 Å². The van der Waals surface area contributed by atoms with Crippen molar-refractivity contribution in [3.8, 4) is 0 Å². The zero-order chi connectivity index (χ0) is 15.5. The number of piperazine rings is 1. The van der Waals surface area contributed by atoms with Crippen molar-refractivity contribution >= 4 is 11.8 Å². The van der Waals surface area contributed by atoms with E-state index in [-0.39, 0.29) is 17.9 Å². The second-order valence-corrected chi connectivity index (χ2v) is 6.28. The van der Waals surface area contributed by atoms with Crippen LogP contribution in [-0.4, -0.2) is 48.1 Å².